The molecule has 2 rings (SSSR count). The fourth-order valence-corrected chi connectivity index (χ4v) is 6.88. The molecule has 0 fully saturated rings. The van der Waals surface area contributed by atoms with E-state index in [0.717, 1.165) is 65.0 Å². The molecule has 0 saturated carbocycles. The Kier molecular flexibility index (Phi) is 12.7. The first-order valence-electron chi connectivity index (χ1n) is 15.2. The van der Waals surface area contributed by atoms with Crippen molar-refractivity contribution in [2.24, 2.45) is 17.8 Å². The van der Waals surface area contributed by atoms with Crippen LogP contribution in [-0.4, -0.2) is 16.6 Å². The number of rotatable bonds is 16. The van der Waals surface area contributed by atoms with E-state index in [0.29, 0.717) is 5.75 Å². The van der Waals surface area contributed by atoms with Crippen molar-refractivity contribution in [2.75, 3.05) is 0 Å². The monoisotopic (exact) mass is 552 g/mol. The van der Waals surface area contributed by atoms with E-state index in [1.165, 1.54) is 51.4 Å². The van der Waals surface area contributed by atoms with Crippen molar-refractivity contribution < 1.29 is 23.2 Å². The van der Waals surface area contributed by atoms with Crippen molar-refractivity contribution in [3.8, 4) is 11.5 Å². The van der Waals surface area contributed by atoms with Gasteiger partial charge in [0, 0.05) is 5.56 Å². The Morgan fingerprint density at radius 3 is 1.97 bits per heavy atom. The second kappa shape index (κ2) is 14.6. The summed E-state index contributed by atoms with van der Waals surface area (Å²) in [5.74, 6) is 3.81. The highest BCUT2D eigenvalue weighted by Crippen LogP contribution is 2.51. The van der Waals surface area contributed by atoms with Crippen LogP contribution in [0.4, 0.5) is 0 Å². The first-order valence-corrected chi connectivity index (χ1v) is 16.7. The number of phosphoric ester groups is 1. The summed E-state index contributed by atoms with van der Waals surface area (Å²) >= 11 is 0. The fraction of sp³-hybridized carbons (Fsp3) is 0.812. The molecular formula is C32H57O5P. The van der Waals surface area contributed by atoms with Crippen LogP contribution in [0.3, 0.4) is 0 Å². The Balaban J connectivity index is 1.90. The van der Waals surface area contributed by atoms with Crippen LogP contribution < -0.4 is 9.26 Å². The molecule has 1 unspecified atom stereocenters. The van der Waals surface area contributed by atoms with E-state index in [4.69, 9.17) is 13.8 Å². The van der Waals surface area contributed by atoms with Crippen LogP contribution in [0.5, 0.6) is 11.5 Å². The molecule has 0 saturated heterocycles. The third kappa shape index (κ3) is 10.2. The molecule has 1 aliphatic heterocycles. The molecule has 0 aromatic heterocycles. The van der Waals surface area contributed by atoms with Crippen LogP contribution in [0.1, 0.15) is 135 Å². The van der Waals surface area contributed by atoms with Crippen LogP contribution in [0, 0.1) is 38.5 Å². The molecule has 1 N–H and O–H groups in total. The molecule has 4 atom stereocenters. The van der Waals surface area contributed by atoms with Crippen molar-refractivity contribution in [3.63, 3.8) is 0 Å². The Morgan fingerprint density at radius 1 is 0.868 bits per heavy atom. The summed E-state index contributed by atoms with van der Waals surface area (Å²) in [6.45, 7) is 21.0. The average Bonchev–Trinajstić information content (AvgIpc) is 2.79. The summed E-state index contributed by atoms with van der Waals surface area (Å²) in [6, 6.07) is 0. The Hall–Kier alpha value is -1.03. The Morgan fingerprint density at radius 2 is 1.42 bits per heavy atom. The number of ether oxygens (including phenoxy) is 1. The molecule has 1 aromatic carbocycles. The normalized spacial score (nSPS) is 20.7. The number of fused-ring (bicyclic) bond motifs is 1. The molecule has 0 radical (unpaired) electrons. The van der Waals surface area contributed by atoms with Crippen LogP contribution in [0.25, 0.3) is 0 Å². The van der Waals surface area contributed by atoms with E-state index in [1.807, 2.05) is 20.8 Å². The van der Waals surface area contributed by atoms with Crippen LogP contribution >= 0.6 is 7.82 Å². The van der Waals surface area contributed by atoms with Gasteiger partial charge in [0.2, 0.25) is 0 Å². The molecule has 1 heterocycles. The lowest BCUT2D eigenvalue weighted by Crippen LogP contribution is -2.37. The summed E-state index contributed by atoms with van der Waals surface area (Å²) in [7, 11) is -4.19. The van der Waals surface area contributed by atoms with Crippen LogP contribution in [0.2, 0.25) is 0 Å². The van der Waals surface area contributed by atoms with Gasteiger partial charge in [-0.25, -0.2) is 4.57 Å². The molecule has 0 spiro atoms. The molecule has 0 bridgehead atoms. The van der Waals surface area contributed by atoms with E-state index in [9.17, 15) is 9.46 Å². The van der Waals surface area contributed by atoms with Crippen molar-refractivity contribution in [1.82, 2.24) is 0 Å². The summed E-state index contributed by atoms with van der Waals surface area (Å²) in [6.07, 6.45) is 13.0. The van der Waals surface area contributed by atoms with Gasteiger partial charge in [-0.3, -0.25) is 9.42 Å². The lowest BCUT2D eigenvalue weighted by Gasteiger charge is -2.38. The lowest BCUT2D eigenvalue weighted by molar-refractivity contribution is 0.0511. The molecule has 1 aliphatic rings. The summed E-state index contributed by atoms with van der Waals surface area (Å²) < 4.78 is 29.9. The second-order valence-electron chi connectivity index (χ2n) is 13.1. The van der Waals surface area contributed by atoms with Gasteiger partial charge >= 0.3 is 7.82 Å². The minimum absolute atomic E-state index is 0.184. The van der Waals surface area contributed by atoms with Gasteiger partial charge in [-0.2, -0.15) is 0 Å². The third-order valence-corrected chi connectivity index (χ3v) is 9.49. The molecule has 5 nitrogen and oxygen atoms in total. The first kappa shape index (κ1) is 33.2. The minimum atomic E-state index is -4.19. The molecule has 0 amide bonds. The Labute approximate surface area is 234 Å². The SMILES string of the molecule is Cc1c(C)c2c(c(C)c1OP(=O)(O)OC(C)C)CC[C@](C)(CCC[C@H](C)CCC[C@H](C)CCCC(C)C)O2. The number of benzene rings is 1. The number of hydrogen-bond donors (Lipinski definition) is 1. The van der Waals surface area contributed by atoms with Gasteiger partial charge in [-0.05, 0) is 102 Å². The summed E-state index contributed by atoms with van der Waals surface area (Å²) in [4.78, 5) is 10.2. The summed E-state index contributed by atoms with van der Waals surface area (Å²) in [5.41, 5.74) is 3.59. The van der Waals surface area contributed by atoms with Gasteiger partial charge in [0.25, 0.3) is 0 Å². The smallest absolute Gasteiger partial charge is 0.487 e. The van der Waals surface area contributed by atoms with Gasteiger partial charge in [-0.1, -0.05) is 72.6 Å². The number of phosphoric acid groups is 1. The molecule has 0 aliphatic carbocycles. The largest absolute Gasteiger partial charge is 0.527 e. The van der Waals surface area contributed by atoms with Gasteiger partial charge in [-0.15, -0.1) is 0 Å². The number of hydrogen-bond acceptors (Lipinski definition) is 4. The topological polar surface area (TPSA) is 65.0 Å². The molecule has 6 heteroatoms. The highest BCUT2D eigenvalue weighted by molar-refractivity contribution is 7.47. The van der Waals surface area contributed by atoms with Gasteiger partial charge in [0.05, 0.1) is 6.10 Å². The zero-order valence-corrected chi connectivity index (χ0v) is 27.0. The maximum atomic E-state index is 12.5. The van der Waals surface area contributed by atoms with E-state index in [2.05, 4.69) is 34.6 Å². The van der Waals surface area contributed by atoms with Crippen molar-refractivity contribution >= 4 is 7.82 Å². The predicted molar refractivity (Wildman–Crippen MR) is 159 cm³/mol. The lowest BCUT2D eigenvalue weighted by atomic mass is 9.84. The van der Waals surface area contributed by atoms with Crippen molar-refractivity contribution in [2.45, 2.75) is 152 Å². The zero-order chi connectivity index (χ0) is 28.7. The van der Waals surface area contributed by atoms with E-state index in [1.54, 1.807) is 13.8 Å². The maximum Gasteiger partial charge on any atom is 0.527 e. The van der Waals surface area contributed by atoms with Crippen LogP contribution in [-0.2, 0) is 15.5 Å². The highest BCUT2D eigenvalue weighted by Gasteiger charge is 2.36. The molecular weight excluding hydrogens is 495 g/mol. The Bertz CT molecular complexity index is 941. The first-order chi connectivity index (χ1) is 17.6. The van der Waals surface area contributed by atoms with E-state index >= 15 is 0 Å². The maximum absolute atomic E-state index is 12.5. The van der Waals surface area contributed by atoms with Crippen molar-refractivity contribution in [3.05, 3.63) is 22.3 Å². The minimum Gasteiger partial charge on any atom is -0.487 e. The molecule has 38 heavy (non-hydrogen) atoms. The van der Waals surface area contributed by atoms with Gasteiger partial charge in [0.15, 0.2) is 0 Å². The highest BCUT2D eigenvalue weighted by atomic mass is 31.2. The van der Waals surface area contributed by atoms with Crippen molar-refractivity contribution in [1.29, 1.82) is 0 Å². The second-order valence-corrected chi connectivity index (χ2v) is 14.5. The van der Waals surface area contributed by atoms with Gasteiger partial charge in [0.1, 0.15) is 17.1 Å². The molecule has 220 valence electrons. The van der Waals surface area contributed by atoms with Crippen LogP contribution in [0.15, 0.2) is 0 Å². The summed E-state index contributed by atoms with van der Waals surface area (Å²) in [5, 5.41) is 0. The average molecular weight is 553 g/mol. The standard InChI is InChI=1S/C32H57O5P/c1-22(2)14-11-15-24(5)16-12-17-25(6)18-13-20-32(10)21-19-29-28(9)30(26(7)27(8)31(29)35-32)37-38(33,34)36-23(3)4/h22-25H,11-21H2,1-10H3,(H,33,34)/t24-,25-,32+/m1/s1. The quantitative estimate of drug-likeness (QED) is 0.207. The van der Waals surface area contributed by atoms with E-state index < -0.39 is 13.9 Å². The predicted octanol–water partition coefficient (Wildman–Crippen LogP) is 10.0. The fourth-order valence-electron chi connectivity index (χ4n) is 5.80. The third-order valence-electron chi connectivity index (χ3n) is 8.39. The molecule has 1 aromatic rings. The van der Waals surface area contributed by atoms with E-state index in [-0.39, 0.29) is 5.60 Å². The zero-order valence-electron chi connectivity index (χ0n) is 26.1. The van der Waals surface area contributed by atoms with Gasteiger partial charge < -0.3 is 9.26 Å².